The Hall–Kier alpha value is -2.53. The molecule has 11 heteroatoms. The van der Waals surface area contributed by atoms with Gasteiger partial charge in [-0.05, 0) is 54.8 Å². The van der Waals surface area contributed by atoms with E-state index in [9.17, 15) is 22.4 Å². The lowest BCUT2D eigenvalue weighted by Gasteiger charge is -2.34. The molecular formula is C21H23ClFN3O5S. The Morgan fingerprint density at radius 1 is 1.06 bits per heavy atom. The molecule has 0 aliphatic carbocycles. The normalized spacial score (nSPS) is 17.0. The third-order valence-electron chi connectivity index (χ3n) is 4.83. The van der Waals surface area contributed by atoms with Crippen LogP contribution in [0.4, 0.5) is 4.39 Å². The van der Waals surface area contributed by atoms with E-state index in [1.165, 1.54) is 12.1 Å². The molecule has 1 aliphatic rings. The molecule has 1 atom stereocenters. The lowest BCUT2D eigenvalue weighted by molar-refractivity contribution is -0.140. The van der Waals surface area contributed by atoms with Gasteiger partial charge >= 0.3 is 11.8 Å². The molecule has 2 amide bonds. The number of benzene rings is 2. The second-order valence-corrected chi connectivity index (χ2v) is 9.42. The second-order valence-electron chi connectivity index (χ2n) is 7.09. The molecule has 1 heterocycles. The molecule has 3 rings (SSSR count). The standard InChI is InChI=1S/C21H23ClFN3O5S/c22-16-4-2-15(3-5-16)10-11-24-20(27)21(28)25-14-19-26(12-1-13-31-19)32(29,30)18-8-6-17(23)7-9-18/h2-9,19H,1,10-14H2,(H,24,27)(H,25,28). The second kappa shape index (κ2) is 10.9. The highest BCUT2D eigenvalue weighted by Gasteiger charge is 2.34. The minimum Gasteiger partial charge on any atom is -0.360 e. The lowest BCUT2D eigenvalue weighted by Crippen LogP contribution is -2.53. The Kier molecular flexibility index (Phi) is 8.19. The van der Waals surface area contributed by atoms with Crippen molar-refractivity contribution < 1.29 is 27.1 Å². The molecule has 8 nitrogen and oxygen atoms in total. The quantitative estimate of drug-likeness (QED) is 0.583. The van der Waals surface area contributed by atoms with Crippen LogP contribution < -0.4 is 10.6 Å². The van der Waals surface area contributed by atoms with Crippen LogP contribution in [0.1, 0.15) is 12.0 Å². The minimum atomic E-state index is -3.96. The van der Waals surface area contributed by atoms with Gasteiger partial charge in [-0.25, -0.2) is 12.8 Å². The Morgan fingerprint density at radius 3 is 2.41 bits per heavy atom. The fourth-order valence-electron chi connectivity index (χ4n) is 3.16. The van der Waals surface area contributed by atoms with Crippen molar-refractivity contribution in [1.29, 1.82) is 0 Å². The van der Waals surface area contributed by atoms with Crippen LogP contribution in [0.3, 0.4) is 0 Å². The molecule has 0 saturated carbocycles. The maximum Gasteiger partial charge on any atom is 0.309 e. The number of hydrogen-bond acceptors (Lipinski definition) is 5. The van der Waals surface area contributed by atoms with E-state index in [4.69, 9.17) is 16.3 Å². The first kappa shape index (κ1) is 24.1. The van der Waals surface area contributed by atoms with E-state index in [2.05, 4.69) is 10.6 Å². The number of sulfonamides is 1. The number of nitrogens with zero attached hydrogens (tertiary/aromatic N) is 1. The zero-order valence-electron chi connectivity index (χ0n) is 17.1. The van der Waals surface area contributed by atoms with Crippen LogP contribution in [0.25, 0.3) is 0 Å². The van der Waals surface area contributed by atoms with Crippen molar-refractivity contribution in [2.75, 3.05) is 26.2 Å². The number of halogens is 2. The number of ether oxygens (including phenoxy) is 1. The predicted octanol–water partition coefficient (Wildman–Crippen LogP) is 1.69. The van der Waals surface area contributed by atoms with E-state index in [-0.39, 0.29) is 24.5 Å². The Balaban J connectivity index is 1.53. The largest absolute Gasteiger partial charge is 0.360 e. The summed E-state index contributed by atoms with van der Waals surface area (Å²) in [5.41, 5.74) is 0.951. The SMILES string of the molecule is O=C(NCCc1ccc(Cl)cc1)C(=O)NCC1OCCCN1S(=O)(=O)c1ccc(F)cc1. The summed E-state index contributed by atoms with van der Waals surface area (Å²) < 4.78 is 45.6. The van der Waals surface area contributed by atoms with Crippen LogP contribution in [0, 0.1) is 5.82 Å². The van der Waals surface area contributed by atoms with Gasteiger partial charge in [0.2, 0.25) is 10.0 Å². The third-order valence-corrected chi connectivity index (χ3v) is 6.99. The predicted molar refractivity (Wildman–Crippen MR) is 116 cm³/mol. The topological polar surface area (TPSA) is 105 Å². The van der Waals surface area contributed by atoms with Gasteiger partial charge < -0.3 is 15.4 Å². The van der Waals surface area contributed by atoms with Crippen molar-refractivity contribution in [3.63, 3.8) is 0 Å². The van der Waals surface area contributed by atoms with Crippen molar-refractivity contribution >= 4 is 33.4 Å². The van der Waals surface area contributed by atoms with Crippen LogP contribution >= 0.6 is 11.6 Å². The van der Waals surface area contributed by atoms with Gasteiger partial charge in [-0.3, -0.25) is 9.59 Å². The maximum absolute atomic E-state index is 13.2. The fraction of sp³-hybridized carbons (Fsp3) is 0.333. The van der Waals surface area contributed by atoms with E-state index < -0.39 is 33.9 Å². The van der Waals surface area contributed by atoms with E-state index in [0.29, 0.717) is 24.5 Å². The summed E-state index contributed by atoms with van der Waals surface area (Å²) >= 11 is 5.83. The molecule has 0 aromatic heterocycles. The average Bonchev–Trinajstić information content (AvgIpc) is 2.79. The number of nitrogens with one attached hydrogen (secondary N) is 2. The molecular weight excluding hydrogens is 461 g/mol. The smallest absolute Gasteiger partial charge is 0.309 e. The van der Waals surface area contributed by atoms with Crippen LogP contribution in [0.5, 0.6) is 0 Å². The molecule has 1 fully saturated rings. The van der Waals surface area contributed by atoms with E-state index in [0.717, 1.165) is 22.0 Å². The summed E-state index contributed by atoms with van der Waals surface area (Å²) in [5.74, 6) is -2.28. The van der Waals surface area contributed by atoms with Crippen LogP contribution in [0.15, 0.2) is 53.4 Å². The molecule has 0 bridgehead atoms. The van der Waals surface area contributed by atoms with E-state index >= 15 is 0 Å². The first-order valence-corrected chi connectivity index (χ1v) is 11.8. The van der Waals surface area contributed by atoms with Gasteiger partial charge in [0.1, 0.15) is 12.0 Å². The first-order valence-electron chi connectivity index (χ1n) is 9.97. The van der Waals surface area contributed by atoms with Gasteiger partial charge in [0.05, 0.1) is 18.0 Å². The minimum absolute atomic E-state index is 0.0827. The van der Waals surface area contributed by atoms with Gasteiger partial charge in [-0.15, -0.1) is 0 Å². The summed E-state index contributed by atoms with van der Waals surface area (Å²) in [4.78, 5) is 24.1. The number of carbonyl (C=O) groups is 2. The van der Waals surface area contributed by atoms with Crippen LogP contribution in [0.2, 0.25) is 5.02 Å². The van der Waals surface area contributed by atoms with Crippen molar-refractivity contribution in [1.82, 2.24) is 14.9 Å². The Bertz CT molecular complexity index is 1050. The zero-order valence-corrected chi connectivity index (χ0v) is 18.7. The van der Waals surface area contributed by atoms with Crippen molar-refractivity contribution in [3.8, 4) is 0 Å². The summed E-state index contributed by atoms with van der Waals surface area (Å²) in [6.45, 7) is 0.527. The number of rotatable bonds is 7. The third kappa shape index (κ3) is 6.26. The van der Waals surface area contributed by atoms with Crippen LogP contribution in [-0.4, -0.2) is 57.0 Å². The van der Waals surface area contributed by atoms with Gasteiger partial charge in [0, 0.05) is 18.1 Å². The Labute approximate surface area is 190 Å². The molecule has 172 valence electrons. The number of amides is 2. The average molecular weight is 484 g/mol. The fourth-order valence-corrected chi connectivity index (χ4v) is 4.85. The van der Waals surface area contributed by atoms with E-state index in [1.54, 1.807) is 12.1 Å². The molecule has 32 heavy (non-hydrogen) atoms. The van der Waals surface area contributed by atoms with Gasteiger partial charge in [-0.1, -0.05) is 23.7 Å². The molecule has 2 aromatic rings. The number of carbonyl (C=O) groups excluding carboxylic acids is 2. The summed E-state index contributed by atoms with van der Waals surface area (Å²) in [7, 11) is -3.96. The first-order chi connectivity index (χ1) is 15.3. The summed E-state index contributed by atoms with van der Waals surface area (Å²) in [5, 5.41) is 5.53. The van der Waals surface area contributed by atoms with Crippen molar-refractivity contribution in [2.45, 2.75) is 24.0 Å². The molecule has 1 saturated heterocycles. The van der Waals surface area contributed by atoms with Crippen molar-refractivity contribution in [3.05, 3.63) is 64.9 Å². The van der Waals surface area contributed by atoms with Gasteiger partial charge in [0.25, 0.3) is 0 Å². The van der Waals surface area contributed by atoms with Crippen molar-refractivity contribution in [2.24, 2.45) is 0 Å². The number of hydrogen-bond donors (Lipinski definition) is 2. The highest BCUT2D eigenvalue weighted by atomic mass is 35.5. The van der Waals surface area contributed by atoms with E-state index in [1.807, 2.05) is 12.1 Å². The molecule has 1 aliphatic heterocycles. The molecule has 1 unspecified atom stereocenters. The monoisotopic (exact) mass is 483 g/mol. The van der Waals surface area contributed by atoms with Gasteiger partial charge in [0.15, 0.2) is 0 Å². The zero-order chi connectivity index (χ0) is 23.1. The summed E-state index contributed by atoms with van der Waals surface area (Å²) in [6.07, 6.45) is 0.00594. The lowest BCUT2D eigenvalue weighted by atomic mass is 10.1. The summed E-state index contributed by atoms with van der Waals surface area (Å²) in [6, 6.07) is 11.6. The molecule has 0 radical (unpaired) electrons. The highest BCUT2D eigenvalue weighted by Crippen LogP contribution is 2.22. The molecule has 2 N–H and O–H groups in total. The highest BCUT2D eigenvalue weighted by molar-refractivity contribution is 7.89. The van der Waals surface area contributed by atoms with Crippen LogP contribution in [-0.2, 0) is 30.8 Å². The Morgan fingerprint density at radius 2 is 1.72 bits per heavy atom. The van der Waals surface area contributed by atoms with Gasteiger partial charge in [-0.2, -0.15) is 4.31 Å². The molecule has 0 spiro atoms. The molecule has 2 aromatic carbocycles. The maximum atomic E-state index is 13.2.